The van der Waals surface area contributed by atoms with E-state index in [9.17, 15) is 0 Å². The second-order valence-electron chi connectivity index (χ2n) is 25.7. The average molecular weight is 1120 g/mol. The van der Waals surface area contributed by atoms with E-state index in [0.717, 1.165) is 66.9 Å². The van der Waals surface area contributed by atoms with Gasteiger partial charge in [-0.3, -0.25) is 0 Å². The molecule has 2 heterocycles. The fraction of sp³-hybridized carbons (Fsp3) is 0.178. The fourth-order valence-corrected chi connectivity index (χ4v) is 30.2. The topological polar surface area (TPSA) is 32.8 Å². The molecule has 0 fully saturated rings. The van der Waals surface area contributed by atoms with E-state index in [1.807, 2.05) is 11.8 Å². The minimum atomic E-state index is -2.31. The van der Waals surface area contributed by atoms with Crippen molar-refractivity contribution in [1.29, 1.82) is 0 Å². The van der Waals surface area contributed by atoms with Crippen LogP contribution in [0.25, 0.3) is 87.3 Å². The summed E-state index contributed by atoms with van der Waals surface area (Å²) in [5.41, 5.74) is 16.1. The highest BCUT2D eigenvalue weighted by Crippen LogP contribution is 2.65. The van der Waals surface area contributed by atoms with Crippen LogP contribution in [-0.2, 0) is 4.66 Å². The Morgan fingerprint density at radius 2 is 0.852 bits per heavy atom. The third-order valence-corrected chi connectivity index (χ3v) is 30.6. The van der Waals surface area contributed by atoms with E-state index < -0.39 is 24.2 Å². The molecule has 0 saturated carbocycles. The molecule has 0 aliphatic heterocycles. The first-order valence-electron chi connectivity index (χ1n) is 28.8. The minimum Gasteiger partial charge on any atom is -0.454 e. The van der Waals surface area contributed by atoms with Gasteiger partial charge in [0.25, 0.3) is 0 Å². The Hall–Kier alpha value is -7.60. The lowest BCUT2D eigenvalue weighted by Gasteiger charge is -2.52. The van der Waals surface area contributed by atoms with Crippen LogP contribution in [0.2, 0.25) is 58.9 Å². The third-order valence-electron chi connectivity index (χ3n) is 17.5. The predicted molar refractivity (Wildman–Crippen MR) is 360 cm³/mol. The third kappa shape index (κ3) is 7.73. The van der Waals surface area contributed by atoms with Gasteiger partial charge in [-0.1, -0.05) is 218 Å². The molecule has 0 unspecified atom stereocenters. The molecule has 11 aromatic carbocycles. The maximum absolute atomic E-state index is 7.30. The number of furan rings is 2. The summed E-state index contributed by atoms with van der Waals surface area (Å²) < 4.78 is 14.2. The first-order valence-corrected chi connectivity index (χ1v) is 40.1. The number of para-hydroxylation sites is 6. The molecule has 0 N–H and O–H groups in total. The molecule has 0 atom stereocenters. The molecule has 0 bridgehead atoms. The first kappa shape index (κ1) is 51.5. The van der Waals surface area contributed by atoms with Gasteiger partial charge >= 0.3 is 0 Å². The van der Waals surface area contributed by atoms with Gasteiger partial charge in [0.15, 0.2) is 11.2 Å². The molecule has 0 spiro atoms. The van der Waals surface area contributed by atoms with E-state index in [2.05, 4.69) is 289 Å². The molecule has 0 radical (unpaired) electrons. The molecule has 81 heavy (non-hydrogen) atoms. The van der Waals surface area contributed by atoms with E-state index >= 15 is 0 Å². The zero-order valence-electron chi connectivity index (χ0n) is 48.3. The van der Waals surface area contributed by atoms with Crippen molar-refractivity contribution in [2.75, 3.05) is 9.80 Å². The Labute approximate surface area is 483 Å². The number of fused-ring (bicyclic) bond motifs is 16. The number of anilines is 6. The van der Waals surface area contributed by atoms with Gasteiger partial charge in [-0.25, -0.2) is 0 Å². The molecular formula is C73H68N2O2SSi3. The Morgan fingerprint density at radius 3 is 1.44 bits per heavy atom. The molecule has 2 aromatic heterocycles. The van der Waals surface area contributed by atoms with E-state index in [0.29, 0.717) is 5.25 Å². The summed E-state index contributed by atoms with van der Waals surface area (Å²) in [6.07, 6.45) is 0. The maximum Gasteiger partial charge on any atom is 0.159 e. The summed E-state index contributed by atoms with van der Waals surface area (Å²) >= 11 is 1.86. The van der Waals surface area contributed by atoms with E-state index in [4.69, 9.17) is 8.83 Å². The van der Waals surface area contributed by atoms with Crippen molar-refractivity contribution in [1.82, 2.24) is 0 Å². The summed E-state index contributed by atoms with van der Waals surface area (Å²) in [5, 5.41) is 14.0. The van der Waals surface area contributed by atoms with Crippen molar-refractivity contribution in [2.45, 2.75) is 87.6 Å². The highest BCUT2D eigenvalue weighted by Gasteiger charge is 2.61. The summed E-state index contributed by atoms with van der Waals surface area (Å²) in [7, 11) is -6.39. The lowest BCUT2D eigenvalue weighted by molar-refractivity contribution is 0.660. The van der Waals surface area contributed by atoms with Crippen molar-refractivity contribution in [3.05, 3.63) is 217 Å². The lowest BCUT2D eigenvalue weighted by atomic mass is 9.89. The van der Waals surface area contributed by atoms with Gasteiger partial charge in [0.05, 0.1) is 46.2 Å². The summed E-state index contributed by atoms with van der Waals surface area (Å²) in [5.74, 6) is 0. The molecule has 0 saturated heterocycles. The predicted octanol–water partition coefficient (Wildman–Crippen LogP) is 22.0. The van der Waals surface area contributed by atoms with Crippen molar-refractivity contribution in [3.8, 4) is 11.1 Å². The van der Waals surface area contributed by atoms with Crippen LogP contribution in [0.3, 0.4) is 0 Å². The highest BCUT2D eigenvalue weighted by molar-refractivity contribution is 8.00. The fourth-order valence-electron chi connectivity index (χ4n) is 14.8. The number of nitrogens with zero attached hydrogens (tertiary/aromatic N) is 2. The van der Waals surface area contributed by atoms with Gasteiger partial charge in [-0.2, -0.15) is 0 Å². The smallest absolute Gasteiger partial charge is 0.159 e. The van der Waals surface area contributed by atoms with Crippen LogP contribution in [0.1, 0.15) is 25.0 Å². The SMILES string of the molecule is CC(C)Sc1cccc2c1oc1c(N(c3ccccc3)c3ccc4c5c(c6ccccc6c4c3)-c3c(cc(N(c4ccccc4)c4cccc6c4oc4c([Si](C)(C)C)cccc46)c4ccccc34)C5([Si](C)(C)C)[Si](C)(C)C)cccc12. The second kappa shape index (κ2) is 18.7. The molecule has 0 amide bonds. The zero-order valence-corrected chi connectivity index (χ0v) is 52.1. The number of rotatable bonds is 11. The van der Waals surface area contributed by atoms with Gasteiger partial charge in [0, 0.05) is 53.9 Å². The van der Waals surface area contributed by atoms with Crippen molar-refractivity contribution in [2.24, 2.45) is 0 Å². The molecule has 400 valence electrons. The van der Waals surface area contributed by atoms with E-state index in [1.54, 1.807) is 0 Å². The highest BCUT2D eigenvalue weighted by atomic mass is 32.2. The Bertz CT molecular complexity index is 4660. The molecule has 8 heteroatoms. The molecular weight excluding hydrogens is 1050 g/mol. The van der Waals surface area contributed by atoms with Crippen LogP contribution in [0, 0.1) is 0 Å². The van der Waals surface area contributed by atoms with Crippen molar-refractivity contribution in [3.63, 3.8) is 0 Å². The number of hydrogen-bond acceptors (Lipinski definition) is 5. The standard InChI is InChI=1S/C73H68N2O2SSi3/c1-46(2)78-64-40-24-36-57-55-34-22-38-61(69(55)76-71(57)64)74(47-26-14-12-15-27-47)49-42-43-54-59(44-49)50-30-18-20-32-52(50)67-66-53-33-21-19-31-51(53)63(45-60(66)73(68(54)67,80(6,7)8)81(9,10)11)75(48-28-16-13-17-29-48)62-39-23-35-56-58-37-25-41-65(79(3,4)5)72(58)77-70(56)62/h12-46H,1-11H3. The lowest BCUT2D eigenvalue weighted by Crippen LogP contribution is -2.63. The summed E-state index contributed by atoms with van der Waals surface area (Å²) in [6.45, 7) is 27.7. The van der Waals surface area contributed by atoms with Crippen LogP contribution in [0.15, 0.2) is 220 Å². The number of hydrogen-bond donors (Lipinski definition) is 0. The van der Waals surface area contributed by atoms with Crippen molar-refractivity contribution < 1.29 is 8.83 Å². The molecule has 4 nitrogen and oxygen atoms in total. The van der Waals surface area contributed by atoms with Gasteiger partial charge < -0.3 is 18.6 Å². The van der Waals surface area contributed by atoms with Crippen molar-refractivity contribution >= 4 is 151 Å². The van der Waals surface area contributed by atoms with Crippen LogP contribution < -0.4 is 15.0 Å². The normalized spacial score (nSPS) is 13.6. The van der Waals surface area contributed by atoms with Crippen LogP contribution >= 0.6 is 11.8 Å². The van der Waals surface area contributed by atoms with Gasteiger partial charge in [-0.15, -0.1) is 11.8 Å². The first-order chi connectivity index (χ1) is 39.0. The van der Waals surface area contributed by atoms with E-state index in [-0.39, 0.29) is 4.66 Å². The van der Waals surface area contributed by atoms with E-state index in [1.165, 1.54) is 75.7 Å². The largest absolute Gasteiger partial charge is 0.454 e. The molecule has 13 aromatic rings. The maximum atomic E-state index is 7.30. The quantitative estimate of drug-likeness (QED) is 0.0732. The monoisotopic (exact) mass is 1120 g/mol. The van der Waals surface area contributed by atoms with Gasteiger partial charge in [-0.05, 0) is 115 Å². The van der Waals surface area contributed by atoms with Crippen LogP contribution in [0.4, 0.5) is 34.1 Å². The Kier molecular flexibility index (Phi) is 11.9. The molecule has 1 aliphatic carbocycles. The number of benzene rings is 11. The summed E-state index contributed by atoms with van der Waals surface area (Å²) in [6, 6.07) is 77.3. The van der Waals surface area contributed by atoms with Crippen LogP contribution in [-0.4, -0.2) is 29.5 Å². The molecule has 1 aliphatic rings. The molecule has 14 rings (SSSR count). The second-order valence-corrected chi connectivity index (χ2v) is 43.4. The zero-order chi connectivity index (χ0) is 55.9. The number of thioether (sulfide) groups is 1. The Balaban J connectivity index is 1.07. The average Bonchev–Trinajstić information content (AvgIpc) is 4.37. The Morgan fingerprint density at radius 1 is 0.370 bits per heavy atom. The minimum absolute atomic E-state index is 0.238. The summed E-state index contributed by atoms with van der Waals surface area (Å²) in [4.78, 5) is 6.12. The van der Waals surface area contributed by atoms with Gasteiger partial charge in [0.2, 0.25) is 0 Å². The van der Waals surface area contributed by atoms with Crippen LogP contribution in [0.5, 0.6) is 0 Å². The van der Waals surface area contributed by atoms with Gasteiger partial charge in [0.1, 0.15) is 11.2 Å².